The van der Waals surface area contributed by atoms with E-state index in [9.17, 15) is 4.79 Å². The van der Waals surface area contributed by atoms with Crippen molar-refractivity contribution < 1.29 is 9.53 Å². The zero-order chi connectivity index (χ0) is 14.2. The van der Waals surface area contributed by atoms with Gasteiger partial charge in [0.25, 0.3) is 0 Å². The van der Waals surface area contributed by atoms with E-state index >= 15 is 0 Å². The van der Waals surface area contributed by atoms with Crippen LogP contribution in [0.15, 0.2) is 24.5 Å². The van der Waals surface area contributed by atoms with Crippen molar-refractivity contribution >= 4 is 5.91 Å². The molecule has 2 atom stereocenters. The van der Waals surface area contributed by atoms with Crippen LogP contribution in [0, 0.1) is 0 Å². The van der Waals surface area contributed by atoms with E-state index in [4.69, 9.17) is 4.74 Å². The maximum absolute atomic E-state index is 13.0. The van der Waals surface area contributed by atoms with Crippen molar-refractivity contribution in [2.75, 3.05) is 13.2 Å². The Morgan fingerprint density at radius 3 is 2.65 bits per heavy atom. The van der Waals surface area contributed by atoms with Crippen LogP contribution in [0.25, 0.3) is 0 Å². The lowest BCUT2D eigenvalue weighted by Crippen LogP contribution is -2.59. The van der Waals surface area contributed by atoms with E-state index in [0.717, 1.165) is 19.4 Å². The molecule has 4 nitrogen and oxygen atoms in total. The standard InChI is InChI=1S/C16H24N2O2/c1-16(2,17-9-5-6-10-17)15(19)18-11-12-20-14-8-4-3-7-13(14)18/h5-6,9-10,13-14H,3-4,7-8,11-12H2,1-2H3/t13-,14-/m1/s1. The number of amides is 1. The Morgan fingerprint density at radius 1 is 1.20 bits per heavy atom. The van der Waals surface area contributed by atoms with Crippen LogP contribution in [0.5, 0.6) is 0 Å². The van der Waals surface area contributed by atoms with E-state index in [1.165, 1.54) is 12.8 Å². The Bertz CT molecular complexity index is 465. The number of nitrogens with zero attached hydrogens (tertiary/aromatic N) is 2. The molecule has 1 amide bonds. The van der Waals surface area contributed by atoms with Gasteiger partial charge in [0.2, 0.25) is 5.91 Å². The highest BCUT2D eigenvalue weighted by molar-refractivity contribution is 5.84. The van der Waals surface area contributed by atoms with E-state index in [1.54, 1.807) is 0 Å². The molecule has 1 aromatic rings. The Balaban J connectivity index is 1.82. The number of ether oxygens (including phenoxy) is 1. The molecule has 0 unspecified atom stereocenters. The van der Waals surface area contributed by atoms with Crippen LogP contribution in [0.1, 0.15) is 39.5 Å². The van der Waals surface area contributed by atoms with Gasteiger partial charge in [0, 0.05) is 18.9 Å². The summed E-state index contributed by atoms with van der Waals surface area (Å²) in [7, 11) is 0. The first-order valence-electron chi connectivity index (χ1n) is 7.67. The third-order valence-electron chi connectivity index (χ3n) is 4.77. The first-order valence-corrected chi connectivity index (χ1v) is 7.67. The third kappa shape index (κ3) is 2.26. The summed E-state index contributed by atoms with van der Waals surface area (Å²) in [5.41, 5.74) is -0.525. The number of hydrogen-bond acceptors (Lipinski definition) is 2. The minimum Gasteiger partial charge on any atom is -0.374 e. The fourth-order valence-electron chi connectivity index (χ4n) is 3.52. The highest BCUT2D eigenvalue weighted by atomic mass is 16.5. The summed E-state index contributed by atoms with van der Waals surface area (Å²) >= 11 is 0. The van der Waals surface area contributed by atoms with Crippen LogP contribution in [-0.2, 0) is 15.1 Å². The smallest absolute Gasteiger partial charge is 0.248 e. The monoisotopic (exact) mass is 276 g/mol. The largest absolute Gasteiger partial charge is 0.374 e. The molecule has 2 heterocycles. The molecule has 0 aromatic carbocycles. The molecular weight excluding hydrogens is 252 g/mol. The SMILES string of the molecule is CC(C)(C(=O)N1CCO[C@@H]2CCCC[C@H]21)n1cccc1. The Hall–Kier alpha value is -1.29. The molecule has 0 bridgehead atoms. The van der Waals surface area contributed by atoms with Crippen LogP contribution < -0.4 is 0 Å². The normalized spacial score (nSPS) is 27.2. The fraction of sp³-hybridized carbons (Fsp3) is 0.688. The number of hydrogen-bond donors (Lipinski definition) is 0. The van der Waals surface area contributed by atoms with Crippen molar-refractivity contribution in [3.63, 3.8) is 0 Å². The van der Waals surface area contributed by atoms with Gasteiger partial charge in [-0.2, -0.15) is 0 Å². The summed E-state index contributed by atoms with van der Waals surface area (Å²) in [6.45, 7) is 5.41. The van der Waals surface area contributed by atoms with E-state index < -0.39 is 5.54 Å². The van der Waals surface area contributed by atoms with Gasteiger partial charge in [-0.3, -0.25) is 4.79 Å². The second kappa shape index (κ2) is 5.24. The third-order valence-corrected chi connectivity index (χ3v) is 4.77. The van der Waals surface area contributed by atoms with Gasteiger partial charge in [-0.05, 0) is 38.8 Å². The lowest BCUT2D eigenvalue weighted by atomic mass is 9.88. The van der Waals surface area contributed by atoms with Gasteiger partial charge in [-0.25, -0.2) is 0 Å². The molecule has 0 radical (unpaired) electrons. The van der Waals surface area contributed by atoms with Gasteiger partial charge >= 0.3 is 0 Å². The predicted molar refractivity (Wildman–Crippen MR) is 77.5 cm³/mol. The maximum Gasteiger partial charge on any atom is 0.248 e. The molecule has 0 spiro atoms. The maximum atomic E-state index is 13.0. The highest BCUT2D eigenvalue weighted by Gasteiger charge is 2.42. The Kier molecular flexibility index (Phi) is 3.59. The number of carbonyl (C=O) groups excluding carboxylic acids is 1. The van der Waals surface area contributed by atoms with Crippen LogP contribution in [0.3, 0.4) is 0 Å². The molecule has 20 heavy (non-hydrogen) atoms. The summed E-state index contributed by atoms with van der Waals surface area (Å²) in [6, 6.07) is 4.22. The molecule has 110 valence electrons. The minimum absolute atomic E-state index is 0.217. The molecule has 1 aliphatic heterocycles. The second-order valence-electron chi connectivity index (χ2n) is 6.41. The zero-order valence-corrected chi connectivity index (χ0v) is 12.4. The molecule has 0 N–H and O–H groups in total. The molecule has 4 heteroatoms. The van der Waals surface area contributed by atoms with Crippen molar-refractivity contribution in [1.82, 2.24) is 9.47 Å². The van der Waals surface area contributed by atoms with E-state index in [0.29, 0.717) is 6.61 Å². The molecule has 1 aliphatic carbocycles. The van der Waals surface area contributed by atoms with Crippen LogP contribution in [-0.4, -0.2) is 40.7 Å². The van der Waals surface area contributed by atoms with Crippen molar-refractivity contribution in [3.05, 3.63) is 24.5 Å². The molecular formula is C16H24N2O2. The number of carbonyl (C=O) groups is 1. The summed E-state index contributed by atoms with van der Waals surface area (Å²) in [6.07, 6.45) is 8.80. The number of morpholine rings is 1. The summed E-state index contributed by atoms with van der Waals surface area (Å²) in [4.78, 5) is 15.1. The summed E-state index contributed by atoms with van der Waals surface area (Å²) in [5.74, 6) is 0.217. The van der Waals surface area contributed by atoms with E-state index in [1.807, 2.05) is 42.9 Å². The number of fused-ring (bicyclic) bond motifs is 1. The van der Waals surface area contributed by atoms with Crippen molar-refractivity contribution in [3.8, 4) is 0 Å². The van der Waals surface area contributed by atoms with Crippen molar-refractivity contribution in [2.24, 2.45) is 0 Å². The second-order valence-corrected chi connectivity index (χ2v) is 6.41. The lowest BCUT2D eigenvalue weighted by molar-refractivity contribution is -0.157. The van der Waals surface area contributed by atoms with Crippen molar-refractivity contribution in [2.45, 2.75) is 57.2 Å². The number of aromatic nitrogens is 1. The van der Waals surface area contributed by atoms with Gasteiger partial charge in [0.15, 0.2) is 0 Å². The average Bonchev–Trinajstić information content (AvgIpc) is 3.01. The molecule has 3 rings (SSSR count). The lowest BCUT2D eigenvalue weighted by Gasteiger charge is -2.46. The molecule has 1 saturated carbocycles. The molecule has 2 aliphatic rings. The van der Waals surface area contributed by atoms with Crippen LogP contribution in [0.2, 0.25) is 0 Å². The fourth-order valence-corrected chi connectivity index (χ4v) is 3.52. The number of rotatable bonds is 2. The zero-order valence-electron chi connectivity index (χ0n) is 12.4. The highest BCUT2D eigenvalue weighted by Crippen LogP contribution is 2.31. The first kappa shape index (κ1) is 13.7. The van der Waals surface area contributed by atoms with E-state index in [-0.39, 0.29) is 18.1 Å². The quantitative estimate of drug-likeness (QED) is 0.831. The summed E-state index contributed by atoms with van der Waals surface area (Å²) in [5, 5.41) is 0. The summed E-state index contributed by atoms with van der Waals surface area (Å²) < 4.78 is 7.87. The van der Waals surface area contributed by atoms with Gasteiger partial charge in [0.1, 0.15) is 5.54 Å². The Labute approximate surface area is 120 Å². The topological polar surface area (TPSA) is 34.5 Å². The average molecular weight is 276 g/mol. The van der Waals surface area contributed by atoms with Crippen molar-refractivity contribution in [1.29, 1.82) is 0 Å². The molecule has 1 saturated heterocycles. The predicted octanol–water partition coefficient (Wildman–Crippen LogP) is 2.39. The van der Waals surface area contributed by atoms with Gasteiger partial charge in [-0.15, -0.1) is 0 Å². The van der Waals surface area contributed by atoms with Gasteiger partial charge < -0.3 is 14.2 Å². The van der Waals surface area contributed by atoms with Crippen LogP contribution in [0.4, 0.5) is 0 Å². The first-order chi connectivity index (χ1) is 9.60. The van der Waals surface area contributed by atoms with Gasteiger partial charge in [0.05, 0.1) is 18.8 Å². The molecule has 1 aromatic heterocycles. The molecule has 2 fully saturated rings. The Morgan fingerprint density at radius 2 is 1.90 bits per heavy atom. The van der Waals surface area contributed by atoms with E-state index in [2.05, 4.69) is 4.90 Å². The van der Waals surface area contributed by atoms with Crippen LogP contribution >= 0.6 is 0 Å². The minimum atomic E-state index is -0.525. The van der Waals surface area contributed by atoms with Gasteiger partial charge in [-0.1, -0.05) is 12.8 Å².